The fourth-order valence-corrected chi connectivity index (χ4v) is 11.0. The Kier molecular flexibility index (Phi) is 9.99. The van der Waals surface area contributed by atoms with Crippen LogP contribution in [0.1, 0.15) is 86.0 Å². The molecular weight excluding hydrogens is 608 g/mol. The molecule has 5 aliphatic rings. The molecule has 1 aliphatic heterocycles. The minimum Gasteiger partial charge on any atom is -0.393 e. The molecule has 0 aromatic carbocycles. The normalized spacial score (nSPS) is 48.2. The fraction of sp³-hybridized carbons (Fsp3) is 0.938. The van der Waals surface area contributed by atoms with Gasteiger partial charge in [-0.1, -0.05) is 40.7 Å². The zero-order valence-corrected chi connectivity index (χ0v) is 27.8. The summed E-state index contributed by atoms with van der Waals surface area (Å²) in [5.74, 6) is -0.635. The Bertz CT molecular complexity index is 1210. The van der Waals surface area contributed by atoms with Crippen molar-refractivity contribution in [3.63, 3.8) is 0 Å². The zero-order valence-electron chi connectivity index (χ0n) is 27.0. The molecule has 1 saturated heterocycles. The molecule has 4 fully saturated rings. The van der Waals surface area contributed by atoms with Gasteiger partial charge in [-0.2, -0.15) is 8.42 Å². The third-order valence-electron chi connectivity index (χ3n) is 12.5. The Morgan fingerprint density at radius 2 is 1.69 bits per heavy atom. The zero-order chi connectivity index (χ0) is 33.3. The minimum absolute atomic E-state index is 0.0582. The summed E-state index contributed by atoms with van der Waals surface area (Å²) in [5, 5.41) is 66.0. The van der Waals surface area contributed by atoms with Gasteiger partial charge >= 0.3 is 10.4 Å². The summed E-state index contributed by atoms with van der Waals surface area (Å²) in [6.45, 7) is 9.83. The molecule has 7 N–H and O–H groups in total. The number of ether oxygens (including phenoxy) is 2. The molecular formula is C32H54O12S. The molecule has 5 rings (SSSR count). The van der Waals surface area contributed by atoms with Crippen molar-refractivity contribution in [3.05, 3.63) is 11.6 Å². The van der Waals surface area contributed by atoms with Crippen LogP contribution in [0.25, 0.3) is 0 Å². The van der Waals surface area contributed by atoms with Crippen molar-refractivity contribution in [2.45, 2.75) is 141 Å². The molecule has 0 spiro atoms. The largest absolute Gasteiger partial charge is 0.397 e. The van der Waals surface area contributed by atoms with Crippen LogP contribution in [0.15, 0.2) is 11.6 Å². The topological polar surface area (TPSA) is 203 Å². The van der Waals surface area contributed by atoms with E-state index in [1.165, 1.54) is 0 Å². The van der Waals surface area contributed by atoms with E-state index in [9.17, 15) is 43.6 Å². The minimum atomic E-state index is -4.58. The van der Waals surface area contributed by atoms with E-state index < -0.39 is 81.8 Å². The number of fused-ring (bicyclic) bond motifs is 5. The molecule has 0 amide bonds. The first kappa shape index (κ1) is 35.6. The molecule has 0 aromatic heterocycles. The van der Waals surface area contributed by atoms with Crippen LogP contribution in [0.4, 0.5) is 0 Å². The van der Waals surface area contributed by atoms with Gasteiger partial charge in [-0.3, -0.25) is 4.55 Å². The third-order valence-corrected chi connectivity index (χ3v) is 13.0. The quantitative estimate of drug-likeness (QED) is 0.139. The Hall–Kier alpha value is -0.710. The highest BCUT2D eigenvalue weighted by Crippen LogP contribution is 2.69. The number of aliphatic hydroxyl groups is 6. The first-order valence-electron chi connectivity index (χ1n) is 16.6. The second-order valence-corrected chi connectivity index (χ2v) is 16.6. The van der Waals surface area contributed by atoms with Crippen LogP contribution >= 0.6 is 0 Å². The molecule has 0 aromatic rings. The van der Waals surface area contributed by atoms with E-state index in [2.05, 4.69) is 20.8 Å². The fourth-order valence-electron chi connectivity index (χ4n) is 10.3. The summed E-state index contributed by atoms with van der Waals surface area (Å²) in [7, 11) is -4.58. The molecule has 4 aliphatic carbocycles. The maximum absolute atomic E-state index is 12.6. The van der Waals surface area contributed by atoms with Crippen LogP contribution in [0.2, 0.25) is 0 Å². The molecule has 7 unspecified atom stereocenters. The summed E-state index contributed by atoms with van der Waals surface area (Å²) < 4.78 is 48.4. The van der Waals surface area contributed by atoms with Crippen molar-refractivity contribution < 1.29 is 57.3 Å². The summed E-state index contributed by atoms with van der Waals surface area (Å²) in [6, 6.07) is 0. The SMILES string of the molecule is CC(C)[C@H](CC[C@@H](C)[C@H]1CC(O)C2[C@]3(O)C[C@H](O)C4=C[C@@H](OC5OCC(O)C(O)C5O)CC[C@]4(C)C3CC[C@@]21C)OS(=O)(=O)O. The highest BCUT2D eigenvalue weighted by Gasteiger charge is 2.69. The lowest BCUT2D eigenvalue weighted by Crippen LogP contribution is -2.66. The van der Waals surface area contributed by atoms with Crippen molar-refractivity contribution in [3.8, 4) is 0 Å². The van der Waals surface area contributed by atoms with E-state index in [1.807, 2.05) is 19.9 Å². The highest BCUT2D eigenvalue weighted by molar-refractivity contribution is 7.80. The van der Waals surface area contributed by atoms with Crippen LogP contribution in [-0.4, -0.2) is 105 Å². The van der Waals surface area contributed by atoms with Crippen LogP contribution in [-0.2, 0) is 24.1 Å². The second kappa shape index (κ2) is 12.6. The van der Waals surface area contributed by atoms with Crippen LogP contribution in [0, 0.1) is 40.4 Å². The van der Waals surface area contributed by atoms with Gasteiger partial charge in [0.25, 0.3) is 0 Å². The van der Waals surface area contributed by atoms with E-state index in [0.717, 1.165) is 12.0 Å². The molecule has 260 valence electrons. The predicted molar refractivity (Wildman–Crippen MR) is 162 cm³/mol. The Balaban J connectivity index is 1.33. The average Bonchev–Trinajstić information content (AvgIpc) is 3.22. The van der Waals surface area contributed by atoms with Crippen LogP contribution in [0.3, 0.4) is 0 Å². The highest BCUT2D eigenvalue weighted by atomic mass is 32.3. The summed E-state index contributed by atoms with van der Waals surface area (Å²) in [6.07, 6.45) is -1.88. The van der Waals surface area contributed by atoms with Gasteiger partial charge in [-0.25, -0.2) is 4.18 Å². The molecule has 1 heterocycles. The monoisotopic (exact) mass is 662 g/mol. The predicted octanol–water partition coefficient (Wildman–Crippen LogP) is 1.71. The lowest BCUT2D eigenvalue weighted by molar-refractivity contribution is -0.280. The van der Waals surface area contributed by atoms with Gasteiger partial charge < -0.3 is 40.1 Å². The Morgan fingerprint density at radius 3 is 2.33 bits per heavy atom. The van der Waals surface area contributed by atoms with Gasteiger partial charge in [0.15, 0.2) is 6.29 Å². The van der Waals surface area contributed by atoms with E-state index >= 15 is 0 Å². The Morgan fingerprint density at radius 1 is 1.00 bits per heavy atom. The maximum atomic E-state index is 12.6. The number of aliphatic hydroxyl groups excluding tert-OH is 5. The molecule has 13 heteroatoms. The summed E-state index contributed by atoms with van der Waals surface area (Å²) in [5.41, 5.74) is -1.48. The molecule has 0 radical (unpaired) electrons. The molecule has 45 heavy (non-hydrogen) atoms. The second-order valence-electron chi connectivity index (χ2n) is 15.6. The molecule has 3 saturated carbocycles. The van der Waals surface area contributed by atoms with E-state index in [1.54, 1.807) is 0 Å². The first-order valence-corrected chi connectivity index (χ1v) is 18.0. The van der Waals surface area contributed by atoms with Crippen molar-refractivity contribution in [2.24, 2.45) is 40.4 Å². The Labute approximate surface area is 266 Å². The summed E-state index contributed by atoms with van der Waals surface area (Å²) >= 11 is 0. The van der Waals surface area contributed by atoms with Gasteiger partial charge in [0.1, 0.15) is 18.3 Å². The van der Waals surface area contributed by atoms with Crippen LogP contribution < -0.4 is 0 Å². The van der Waals surface area contributed by atoms with Crippen molar-refractivity contribution >= 4 is 10.4 Å². The standard InChI is InChI=1S/C32H54O12S/c1-16(2)24(44-45(39,40)41)7-6-17(3)19-13-21(33)28-31(19,5)11-9-25-30(4)10-8-18(12-20(30)22(34)14-32(25,28)38)43-29-27(37)26(36)23(35)15-42-29/h12,16-19,21-29,33-38H,6-11,13-15H2,1-5H3,(H,39,40,41)/t17-,18+,19-,21?,22+,23?,24+,25?,26?,27?,28?,29?,30+,31-,32+/m1/s1. The molecule has 12 nitrogen and oxygen atoms in total. The average molecular weight is 663 g/mol. The van der Waals surface area contributed by atoms with Gasteiger partial charge in [0.2, 0.25) is 0 Å². The van der Waals surface area contributed by atoms with Gasteiger partial charge in [-0.15, -0.1) is 0 Å². The maximum Gasteiger partial charge on any atom is 0.397 e. The molecule has 15 atom stereocenters. The van der Waals surface area contributed by atoms with Crippen molar-refractivity contribution in [1.29, 1.82) is 0 Å². The smallest absolute Gasteiger partial charge is 0.393 e. The lowest BCUT2D eigenvalue weighted by atomic mass is 9.43. The van der Waals surface area contributed by atoms with E-state index in [4.69, 9.17) is 13.7 Å². The number of hydrogen-bond acceptors (Lipinski definition) is 11. The van der Waals surface area contributed by atoms with Gasteiger partial charge in [0.05, 0.1) is 36.6 Å². The number of rotatable bonds is 9. The van der Waals surface area contributed by atoms with E-state index in [0.29, 0.717) is 38.5 Å². The first-order chi connectivity index (χ1) is 20.8. The lowest BCUT2D eigenvalue weighted by Gasteiger charge is -2.64. The van der Waals surface area contributed by atoms with Gasteiger partial charge in [-0.05, 0) is 85.0 Å². The van der Waals surface area contributed by atoms with Crippen LogP contribution in [0.5, 0.6) is 0 Å². The third kappa shape index (κ3) is 6.41. The van der Waals surface area contributed by atoms with Crippen molar-refractivity contribution in [1.82, 2.24) is 0 Å². The number of hydrogen-bond donors (Lipinski definition) is 7. The molecule has 0 bridgehead atoms. The van der Waals surface area contributed by atoms with Crippen molar-refractivity contribution in [2.75, 3.05) is 6.61 Å². The summed E-state index contributed by atoms with van der Waals surface area (Å²) in [4.78, 5) is 0. The van der Waals surface area contributed by atoms with E-state index in [-0.39, 0.29) is 36.7 Å². The van der Waals surface area contributed by atoms with Gasteiger partial charge in [0, 0.05) is 12.3 Å².